The van der Waals surface area contributed by atoms with Gasteiger partial charge in [-0.1, -0.05) is 13.0 Å². The van der Waals surface area contributed by atoms with E-state index in [0.717, 1.165) is 19.3 Å². The average Bonchev–Trinajstić information content (AvgIpc) is 2.15. The average molecular weight is 200 g/mol. The molecule has 4 heteroatoms. The van der Waals surface area contributed by atoms with E-state index < -0.39 is 12.0 Å². The number of carbonyl (C=O) groups is 1. The summed E-state index contributed by atoms with van der Waals surface area (Å²) in [6.07, 6.45) is 6.87. The van der Waals surface area contributed by atoms with Crippen molar-refractivity contribution in [3.63, 3.8) is 0 Å². The van der Waals surface area contributed by atoms with E-state index in [2.05, 4.69) is 5.32 Å². The molecule has 0 aliphatic heterocycles. The first-order chi connectivity index (χ1) is 6.72. The normalized spacial score (nSPS) is 13.0. The SMILES string of the molecule is CCC=CNC(CCCCN)C(=O)O. The molecule has 0 amide bonds. The van der Waals surface area contributed by atoms with Crippen LogP contribution in [-0.2, 0) is 4.79 Å². The molecule has 0 radical (unpaired) electrons. The van der Waals surface area contributed by atoms with E-state index in [1.807, 2.05) is 13.0 Å². The molecule has 4 nitrogen and oxygen atoms in total. The first-order valence-electron chi connectivity index (χ1n) is 5.06. The fourth-order valence-corrected chi connectivity index (χ4v) is 1.07. The van der Waals surface area contributed by atoms with Crippen molar-refractivity contribution in [3.8, 4) is 0 Å². The monoisotopic (exact) mass is 200 g/mol. The van der Waals surface area contributed by atoms with E-state index in [1.165, 1.54) is 0 Å². The maximum absolute atomic E-state index is 10.8. The molecule has 0 aliphatic rings. The van der Waals surface area contributed by atoms with Crippen LogP contribution in [0.4, 0.5) is 0 Å². The summed E-state index contributed by atoms with van der Waals surface area (Å²) in [5.74, 6) is -0.803. The summed E-state index contributed by atoms with van der Waals surface area (Å²) in [5, 5.41) is 11.7. The first kappa shape index (κ1) is 13.0. The fraction of sp³-hybridized carbons (Fsp3) is 0.700. The highest BCUT2D eigenvalue weighted by Gasteiger charge is 2.13. The number of unbranched alkanes of at least 4 members (excludes halogenated alkanes) is 1. The highest BCUT2D eigenvalue weighted by atomic mass is 16.4. The number of rotatable bonds is 8. The Bertz CT molecular complexity index is 181. The van der Waals surface area contributed by atoms with Crippen molar-refractivity contribution in [2.45, 2.75) is 38.6 Å². The van der Waals surface area contributed by atoms with Crippen LogP contribution >= 0.6 is 0 Å². The topological polar surface area (TPSA) is 75.3 Å². The molecule has 0 bridgehead atoms. The number of hydrogen-bond donors (Lipinski definition) is 3. The summed E-state index contributed by atoms with van der Waals surface area (Å²) in [5.41, 5.74) is 5.33. The van der Waals surface area contributed by atoms with Gasteiger partial charge >= 0.3 is 5.97 Å². The van der Waals surface area contributed by atoms with Gasteiger partial charge in [0.05, 0.1) is 0 Å². The second-order valence-corrected chi connectivity index (χ2v) is 3.15. The van der Waals surface area contributed by atoms with E-state index in [1.54, 1.807) is 6.20 Å². The minimum atomic E-state index is -0.803. The Labute approximate surface area is 85.2 Å². The van der Waals surface area contributed by atoms with Crippen LogP contribution in [0, 0.1) is 0 Å². The number of hydrogen-bond acceptors (Lipinski definition) is 3. The van der Waals surface area contributed by atoms with Gasteiger partial charge in [0.1, 0.15) is 6.04 Å². The Morgan fingerprint density at radius 1 is 1.57 bits per heavy atom. The Kier molecular flexibility index (Phi) is 7.93. The van der Waals surface area contributed by atoms with Crippen LogP contribution in [0.1, 0.15) is 32.6 Å². The number of carboxylic acid groups (broad SMARTS) is 1. The molecule has 0 aliphatic carbocycles. The standard InChI is InChI=1S/C10H20N2O2/c1-2-3-8-12-9(10(13)14)6-4-5-7-11/h3,8-9,12H,2,4-7,11H2,1H3,(H,13,14). The second kappa shape index (κ2) is 8.56. The molecule has 0 rings (SSSR count). The molecule has 1 atom stereocenters. The zero-order chi connectivity index (χ0) is 10.8. The molecule has 0 aromatic heterocycles. The quantitative estimate of drug-likeness (QED) is 0.512. The zero-order valence-electron chi connectivity index (χ0n) is 8.70. The third-order valence-corrected chi connectivity index (χ3v) is 1.90. The second-order valence-electron chi connectivity index (χ2n) is 3.15. The van der Waals surface area contributed by atoms with E-state index in [0.29, 0.717) is 13.0 Å². The molecule has 0 aromatic rings. The molecule has 0 spiro atoms. The highest BCUT2D eigenvalue weighted by molar-refractivity contribution is 5.73. The van der Waals surface area contributed by atoms with Crippen molar-refractivity contribution < 1.29 is 9.90 Å². The lowest BCUT2D eigenvalue weighted by Crippen LogP contribution is -2.33. The summed E-state index contributed by atoms with van der Waals surface area (Å²) < 4.78 is 0. The largest absolute Gasteiger partial charge is 0.480 e. The lowest BCUT2D eigenvalue weighted by atomic mass is 10.1. The Hall–Kier alpha value is -1.03. The van der Waals surface area contributed by atoms with Crippen molar-refractivity contribution in [2.75, 3.05) is 6.54 Å². The van der Waals surface area contributed by atoms with Crippen LogP contribution in [0.15, 0.2) is 12.3 Å². The van der Waals surface area contributed by atoms with Crippen LogP contribution < -0.4 is 11.1 Å². The molecule has 0 heterocycles. The van der Waals surface area contributed by atoms with E-state index in [9.17, 15) is 4.79 Å². The molecular weight excluding hydrogens is 180 g/mol. The molecule has 0 fully saturated rings. The maximum Gasteiger partial charge on any atom is 0.326 e. The highest BCUT2D eigenvalue weighted by Crippen LogP contribution is 2.00. The number of nitrogens with two attached hydrogens (primary N) is 1. The molecule has 82 valence electrons. The van der Waals surface area contributed by atoms with Gasteiger partial charge in [0, 0.05) is 0 Å². The van der Waals surface area contributed by atoms with Gasteiger partial charge in [0.15, 0.2) is 0 Å². The smallest absolute Gasteiger partial charge is 0.326 e. The fourth-order valence-electron chi connectivity index (χ4n) is 1.07. The van der Waals surface area contributed by atoms with Gasteiger partial charge in [-0.3, -0.25) is 0 Å². The van der Waals surface area contributed by atoms with Crippen LogP contribution in [0.3, 0.4) is 0 Å². The van der Waals surface area contributed by atoms with Crippen LogP contribution in [0.25, 0.3) is 0 Å². The zero-order valence-corrected chi connectivity index (χ0v) is 8.70. The van der Waals surface area contributed by atoms with Crippen LogP contribution in [-0.4, -0.2) is 23.7 Å². The van der Waals surface area contributed by atoms with E-state index in [4.69, 9.17) is 10.8 Å². The molecule has 0 aromatic carbocycles. The lowest BCUT2D eigenvalue weighted by molar-refractivity contribution is -0.139. The van der Waals surface area contributed by atoms with Crippen LogP contribution in [0.5, 0.6) is 0 Å². The molecule has 14 heavy (non-hydrogen) atoms. The predicted octanol–water partition coefficient (Wildman–Crippen LogP) is 1.08. The number of nitrogens with one attached hydrogen (secondary N) is 1. The first-order valence-corrected chi connectivity index (χ1v) is 5.06. The Morgan fingerprint density at radius 3 is 2.79 bits per heavy atom. The lowest BCUT2D eigenvalue weighted by Gasteiger charge is -2.11. The Morgan fingerprint density at radius 2 is 2.29 bits per heavy atom. The Balaban J connectivity index is 3.78. The van der Waals surface area contributed by atoms with E-state index >= 15 is 0 Å². The number of allylic oxidation sites excluding steroid dienone is 1. The van der Waals surface area contributed by atoms with Crippen molar-refractivity contribution in [2.24, 2.45) is 5.73 Å². The van der Waals surface area contributed by atoms with Gasteiger partial charge < -0.3 is 16.2 Å². The van der Waals surface area contributed by atoms with E-state index in [-0.39, 0.29) is 0 Å². The summed E-state index contributed by atoms with van der Waals surface area (Å²) >= 11 is 0. The maximum atomic E-state index is 10.8. The molecule has 0 saturated carbocycles. The summed E-state index contributed by atoms with van der Waals surface area (Å²) in [6.45, 7) is 2.62. The minimum absolute atomic E-state index is 0.482. The van der Waals surface area contributed by atoms with Gasteiger partial charge in [-0.2, -0.15) is 0 Å². The molecule has 0 saturated heterocycles. The third-order valence-electron chi connectivity index (χ3n) is 1.90. The number of aliphatic carboxylic acids is 1. The minimum Gasteiger partial charge on any atom is -0.480 e. The van der Waals surface area contributed by atoms with Crippen molar-refractivity contribution in [1.82, 2.24) is 5.32 Å². The van der Waals surface area contributed by atoms with Crippen LogP contribution in [0.2, 0.25) is 0 Å². The van der Waals surface area contributed by atoms with Crippen molar-refractivity contribution in [1.29, 1.82) is 0 Å². The molecule has 4 N–H and O–H groups in total. The summed E-state index contributed by atoms with van der Waals surface area (Å²) in [6, 6.07) is -0.482. The molecular formula is C10H20N2O2. The van der Waals surface area contributed by atoms with Gasteiger partial charge in [0.2, 0.25) is 0 Å². The van der Waals surface area contributed by atoms with Gasteiger partial charge in [-0.05, 0) is 38.4 Å². The summed E-state index contributed by atoms with van der Waals surface area (Å²) in [4.78, 5) is 10.8. The summed E-state index contributed by atoms with van der Waals surface area (Å²) in [7, 11) is 0. The third kappa shape index (κ3) is 6.48. The predicted molar refractivity (Wildman–Crippen MR) is 56.9 cm³/mol. The van der Waals surface area contributed by atoms with Gasteiger partial charge in [-0.15, -0.1) is 0 Å². The molecule has 1 unspecified atom stereocenters. The van der Waals surface area contributed by atoms with Crippen molar-refractivity contribution in [3.05, 3.63) is 12.3 Å². The van der Waals surface area contributed by atoms with Gasteiger partial charge in [-0.25, -0.2) is 4.79 Å². The van der Waals surface area contributed by atoms with Gasteiger partial charge in [0.25, 0.3) is 0 Å². The number of carboxylic acids is 1. The van der Waals surface area contributed by atoms with Crippen molar-refractivity contribution >= 4 is 5.97 Å².